The lowest BCUT2D eigenvalue weighted by Gasteiger charge is -2.60. The van der Waals surface area contributed by atoms with Gasteiger partial charge in [-0.1, -0.05) is 25.5 Å². The van der Waals surface area contributed by atoms with E-state index >= 15 is 0 Å². The number of fused-ring (bicyclic) bond motifs is 5. The Morgan fingerprint density at radius 1 is 1.19 bits per heavy atom. The first kappa shape index (κ1) is 18.6. The average Bonchev–Trinajstić information content (AvgIpc) is 2.86. The molecule has 0 amide bonds. The summed E-state index contributed by atoms with van der Waals surface area (Å²) in [5, 5.41) is 41.8. The van der Waals surface area contributed by atoms with Crippen LogP contribution in [0.3, 0.4) is 0 Å². The number of hydrogen-bond donors (Lipinski definition) is 4. The Bertz CT molecular complexity index is 644. The molecular formula is C21H32O5. The van der Waals surface area contributed by atoms with Crippen molar-refractivity contribution in [2.45, 2.75) is 76.6 Å². The van der Waals surface area contributed by atoms with E-state index in [1.54, 1.807) is 0 Å². The van der Waals surface area contributed by atoms with Gasteiger partial charge in [0.25, 0.3) is 0 Å². The SMILES string of the molecule is C[C@]12CCC(O)C=C1CCC1C2[C@@H](O)C[C@@]2(C)C1CC[C@]2(O)C(=O)CO. The second-order valence-electron chi connectivity index (χ2n) is 9.72. The van der Waals surface area contributed by atoms with Crippen molar-refractivity contribution >= 4 is 5.78 Å². The number of aliphatic hydroxyl groups is 4. The van der Waals surface area contributed by atoms with Gasteiger partial charge in [-0.15, -0.1) is 0 Å². The summed E-state index contributed by atoms with van der Waals surface area (Å²) in [5.74, 6) is 0.0551. The quantitative estimate of drug-likeness (QED) is 0.558. The average molecular weight is 364 g/mol. The van der Waals surface area contributed by atoms with Crippen LogP contribution in [-0.2, 0) is 4.79 Å². The zero-order chi connectivity index (χ0) is 18.9. The minimum absolute atomic E-state index is 0.107. The number of carbonyl (C=O) groups is 1. The van der Waals surface area contributed by atoms with Gasteiger partial charge in [-0.05, 0) is 68.1 Å². The number of hydrogen-bond acceptors (Lipinski definition) is 5. The van der Waals surface area contributed by atoms with Crippen LogP contribution in [0.25, 0.3) is 0 Å². The van der Waals surface area contributed by atoms with Crippen molar-refractivity contribution < 1.29 is 25.2 Å². The van der Waals surface area contributed by atoms with Gasteiger partial charge < -0.3 is 20.4 Å². The van der Waals surface area contributed by atoms with E-state index in [0.29, 0.717) is 12.8 Å². The van der Waals surface area contributed by atoms with Crippen LogP contribution in [0.5, 0.6) is 0 Å². The summed E-state index contributed by atoms with van der Waals surface area (Å²) in [6.45, 7) is 3.52. The molecule has 0 aromatic heterocycles. The van der Waals surface area contributed by atoms with Gasteiger partial charge in [0.2, 0.25) is 0 Å². The Labute approximate surface area is 155 Å². The number of Topliss-reactive ketones (excluding diaryl/α,β-unsaturated/α-hetero) is 1. The molecule has 8 atom stereocenters. The van der Waals surface area contributed by atoms with Gasteiger partial charge in [0.15, 0.2) is 5.78 Å². The molecule has 0 aromatic rings. The van der Waals surface area contributed by atoms with E-state index in [9.17, 15) is 25.2 Å². The number of carbonyl (C=O) groups excluding carboxylic acids is 1. The molecule has 3 fully saturated rings. The zero-order valence-electron chi connectivity index (χ0n) is 15.8. The summed E-state index contributed by atoms with van der Waals surface area (Å²) in [6.07, 6.45) is 6.03. The highest BCUT2D eigenvalue weighted by Gasteiger charge is 2.68. The van der Waals surface area contributed by atoms with Crippen molar-refractivity contribution in [2.75, 3.05) is 6.61 Å². The van der Waals surface area contributed by atoms with Crippen LogP contribution < -0.4 is 0 Å². The third kappa shape index (κ3) is 2.20. The molecule has 146 valence electrons. The highest BCUT2D eigenvalue weighted by Crippen LogP contribution is 2.67. The molecule has 5 nitrogen and oxygen atoms in total. The molecule has 0 heterocycles. The summed E-state index contributed by atoms with van der Waals surface area (Å²) in [7, 11) is 0. The Morgan fingerprint density at radius 3 is 2.62 bits per heavy atom. The van der Waals surface area contributed by atoms with Crippen LogP contribution in [0, 0.1) is 28.6 Å². The lowest BCUT2D eigenvalue weighted by Crippen LogP contribution is -2.62. The number of aliphatic hydroxyl groups excluding tert-OH is 3. The predicted molar refractivity (Wildman–Crippen MR) is 96.1 cm³/mol. The molecule has 4 unspecified atom stereocenters. The van der Waals surface area contributed by atoms with Gasteiger partial charge in [0.05, 0.1) is 12.2 Å². The molecule has 0 spiro atoms. The summed E-state index contributed by atoms with van der Waals surface area (Å²) in [5.41, 5.74) is -1.04. The Balaban J connectivity index is 1.72. The smallest absolute Gasteiger partial charge is 0.190 e. The molecule has 4 rings (SSSR count). The standard InChI is InChI=1S/C21H32O5/c1-19-7-5-13(23)9-12(19)3-4-14-15-6-8-21(26,17(25)11-22)20(15,2)10-16(24)18(14)19/h9,13-16,18,22-24,26H,3-8,10-11H2,1-2H3/t13?,14?,15?,16-,18?,19-,20-,21-/m0/s1. The van der Waals surface area contributed by atoms with E-state index in [2.05, 4.69) is 6.92 Å². The highest BCUT2D eigenvalue weighted by atomic mass is 16.3. The predicted octanol–water partition coefficient (Wildman–Crippen LogP) is 1.57. The summed E-state index contributed by atoms with van der Waals surface area (Å²) < 4.78 is 0. The number of allylic oxidation sites excluding steroid dienone is 1. The van der Waals surface area contributed by atoms with Crippen LogP contribution in [0.1, 0.15) is 58.8 Å². The molecule has 0 saturated heterocycles. The topological polar surface area (TPSA) is 98.0 Å². The maximum atomic E-state index is 12.4. The Morgan fingerprint density at radius 2 is 1.92 bits per heavy atom. The molecule has 26 heavy (non-hydrogen) atoms. The van der Waals surface area contributed by atoms with Gasteiger partial charge >= 0.3 is 0 Å². The fraction of sp³-hybridized carbons (Fsp3) is 0.857. The van der Waals surface area contributed by atoms with Gasteiger partial charge in [-0.2, -0.15) is 0 Å². The monoisotopic (exact) mass is 364 g/mol. The molecule has 0 bridgehead atoms. The van der Waals surface area contributed by atoms with Crippen molar-refractivity contribution in [3.63, 3.8) is 0 Å². The second kappa shape index (κ2) is 5.87. The Kier molecular flexibility index (Phi) is 4.20. The molecule has 0 radical (unpaired) electrons. The minimum Gasteiger partial charge on any atom is -0.393 e. The van der Waals surface area contributed by atoms with E-state index in [-0.39, 0.29) is 29.3 Å². The summed E-state index contributed by atoms with van der Waals surface area (Å²) >= 11 is 0. The fourth-order valence-electron chi connectivity index (χ4n) is 7.43. The summed E-state index contributed by atoms with van der Waals surface area (Å²) in [4.78, 5) is 12.4. The minimum atomic E-state index is -1.53. The highest BCUT2D eigenvalue weighted by molar-refractivity contribution is 5.89. The Hall–Kier alpha value is -0.750. The molecule has 5 heteroatoms. The molecule has 0 aromatic carbocycles. The van der Waals surface area contributed by atoms with Crippen molar-refractivity contribution in [3.05, 3.63) is 11.6 Å². The normalized spacial score (nSPS) is 53.3. The molecule has 0 aliphatic heterocycles. The van der Waals surface area contributed by atoms with Crippen LogP contribution in [0.4, 0.5) is 0 Å². The molecule has 4 aliphatic rings. The first-order valence-corrected chi connectivity index (χ1v) is 10.1. The fourth-order valence-corrected chi connectivity index (χ4v) is 7.43. The van der Waals surface area contributed by atoms with E-state index in [1.165, 1.54) is 5.57 Å². The van der Waals surface area contributed by atoms with E-state index in [0.717, 1.165) is 32.1 Å². The van der Waals surface area contributed by atoms with Gasteiger partial charge in [0, 0.05) is 5.41 Å². The third-order valence-electron chi connectivity index (χ3n) is 8.78. The second-order valence-corrected chi connectivity index (χ2v) is 9.72. The van der Waals surface area contributed by atoms with Gasteiger partial charge in [-0.3, -0.25) is 4.79 Å². The van der Waals surface area contributed by atoms with E-state index in [4.69, 9.17) is 0 Å². The molecule has 4 aliphatic carbocycles. The van der Waals surface area contributed by atoms with E-state index < -0.39 is 29.5 Å². The maximum absolute atomic E-state index is 12.4. The summed E-state index contributed by atoms with van der Waals surface area (Å²) in [6, 6.07) is 0. The largest absolute Gasteiger partial charge is 0.393 e. The first-order valence-electron chi connectivity index (χ1n) is 10.1. The third-order valence-corrected chi connectivity index (χ3v) is 8.78. The van der Waals surface area contributed by atoms with Crippen molar-refractivity contribution in [1.82, 2.24) is 0 Å². The molecule has 3 saturated carbocycles. The van der Waals surface area contributed by atoms with E-state index in [1.807, 2.05) is 13.0 Å². The molecule has 4 N–H and O–H groups in total. The maximum Gasteiger partial charge on any atom is 0.190 e. The molecular weight excluding hydrogens is 332 g/mol. The van der Waals surface area contributed by atoms with Crippen molar-refractivity contribution in [1.29, 1.82) is 0 Å². The van der Waals surface area contributed by atoms with Crippen LogP contribution in [0.2, 0.25) is 0 Å². The van der Waals surface area contributed by atoms with Crippen LogP contribution in [0.15, 0.2) is 11.6 Å². The number of ketones is 1. The van der Waals surface area contributed by atoms with Crippen molar-refractivity contribution in [2.24, 2.45) is 28.6 Å². The van der Waals surface area contributed by atoms with Crippen molar-refractivity contribution in [3.8, 4) is 0 Å². The van der Waals surface area contributed by atoms with Gasteiger partial charge in [-0.25, -0.2) is 0 Å². The lowest BCUT2D eigenvalue weighted by atomic mass is 9.45. The first-order chi connectivity index (χ1) is 12.2. The number of rotatable bonds is 2. The van der Waals surface area contributed by atoms with Crippen LogP contribution in [-0.4, -0.2) is 50.6 Å². The van der Waals surface area contributed by atoms with Gasteiger partial charge in [0.1, 0.15) is 12.2 Å². The zero-order valence-corrected chi connectivity index (χ0v) is 15.8. The van der Waals surface area contributed by atoms with Crippen LogP contribution >= 0.6 is 0 Å². The lowest BCUT2D eigenvalue weighted by molar-refractivity contribution is -0.182.